The highest BCUT2D eigenvalue weighted by Crippen LogP contribution is 2.30. The number of fused-ring (bicyclic) bond motifs is 1. The summed E-state index contributed by atoms with van der Waals surface area (Å²) in [6.45, 7) is 0. The number of benzene rings is 2. The number of nitrogens with zero attached hydrogens (tertiary/aromatic N) is 3. The van der Waals surface area contributed by atoms with E-state index >= 15 is 0 Å². The summed E-state index contributed by atoms with van der Waals surface area (Å²) in [4.78, 5) is 2.06. The number of aromatic nitrogens is 2. The fourth-order valence-electron chi connectivity index (χ4n) is 2.20. The lowest BCUT2D eigenvalue weighted by Crippen LogP contribution is -2.08. The largest absolute Gasteiger partial charge is 0.378 e. The number of hydrogen-bond acceptors (Lipinski definition) is 3. The van der Waals surface area contributed by atoms with Crippen molar-refractivity contribution in [1.82, 2.24) is 10.2 Å². The van der Waals surface area contributed by atoms with Crippen LogP contribution in [0.15, 0.2) is 48.5 Å². The van der Waals surface area contributed by atoms with Crippen LogP contribution in [0.3, 0.4) is 0 Å². The molecule has 1 heterocycles. The molecule has 0 spiro atoms. The van der Waals surface area contributed by atoms with E-state index in [1.165, 1.54) is 0 Å². The summed E-state index contributed by atoms with van der Waals surface area (Å²) in [6.07, 6.45) is 0. The first-order chi connectivity index (χ1) is 9.66. The van der Waals surface area contributed by atoms with Crippen molar-refractivity contribution in [2.75, 3.05) is 19.0 Å². The zero-order valence-electron chi connectivity index (χ0n) is 11.3. The van der Waals surface area contributed by atoms with Gasteiger partial charge in [-0.25, -0.2) is 0 Å². The SMILES string of the molecule is CN(C)c1ccc(-c2nnc(Cl)c3ccccc23)cc1. The zero-order valence-corrected chi connectivity index (χ0v) is 12.1. The topological polar surface area (TPSA) is 29.0 Å². The van der Waals surface area contributed by atoms with Crippen LogP contribution in [0.25, 0.3) is 22.0 Å². The van der Waals surface area contributed by atoms with Gasteiger partial charge in [0.25, 0.3) is 0 Å². The second kappa shape index (κ2) is 5.10. The minimum atomic E-state index is 0.439. The summed E-state index contributed by atoms with van der Waals surface area (Å²) in [7, 11) is 4.04. The highest BCUT2D eigenvalue weighted by molar-refractivity contribution is 6.34. The van der Waals surface area contributed by atoms with Crippen LogP contribution in [0.2, 0.25) is 5.15 Å². The Bertz CT molecular complexity index is 751. The van der Waals surface area contributed by atoms with Crippen LogP contribution < -0.4 is 4.90 Å². The van der Waals surface area contributed by atoms with Crippen LogP contribution >= 0.6 is 11.6 Å². The van der Waals surface area contributed by atoms with E-state index in [1.807, 2.05) is 38.4 Å². The second-order valence-electron chi connectivity index (χ2n) is 4.83. The highest BCUT2D eigenvalue weighted by Gasteiger charge is 2.09. The van der Waals surface area contributed by atoms with Gasteiger partial charge in [0.05, 0.1) is 0 Å². The van der Waals surface area contributed by atoms with Gasteiger partial charge < -0.3 is 4.90 Å². The van der Waals surface area contributed by atoms with E-state index < -0.39 is 0 Å². The van der Waals surface area contributed by atoms with Gasteiger partial charge in [0.15, 0.2) is 5.15 Å². The molecule has 0 N–H and O–H groups in total. The fourth-order valence-corrected chi connectivity index (χ4v) is 2.40. The third-order valence-corrected chi connectivity index (χ3v) is 3.58. The van der Waals surface area contributed by atoms with Gasteiger partial charge in [0.2, 0.25) is 0 Å². The molecule has 0 aliphatic rings. The van der Waals surface area contributed by atoms with Gasteiger partial charge in [-0.05, 0) is 12.1 Å². The third-order valence-electron chi connectivity index (χ3n) is 3.30. The second-order valence-corrected chi connectivity index (χ2v) is 5.18. The average molecular weight is 284 g/mol. The predicted octanol–water partition coefficient (Wildman–Crippen LogP) is 4.02. The smallest absolute Gasteiger partial charge is 0.159 e. The zero-order chi connectivity index (χ0) is 14.1. The van der Waals surface area contributed by atoms with Gasteiger partial charge in [-0.1, -0.05) is 48.0 Å². The van der Waals surface area contributed by atoms with E-state index in [0.717, 1.165) is 27.7 Å². The van der Waals surface area contributed by atoms with Gasteiger partial charge in [0.1, 0.15) is 5.69 Å². The van der Waals surface area contributed by atoms with Crippen LogP contribution in [-0.2, 0) is 0 Å². The quantitative estimate of drug-likeness (QED) is 0.711. The molecule has 1 aromatic heterocycles. The Morgan fingerprint density at radius 2 is 1.50 bits per heavy atom. The molecule has 0 saturated carbocycles. The van der Waals surface area contributed by atoms with E-state index in [2.05, 4.69) is 39.4 Å². The van der Waals surface area contributed by atoms with Crippen molar-refractivity contribution in [3.63, 3.8) is 0 Å². The standard InChI is InChI=1S/C16H14ClN3/c1-20(2)12-9-7-11(8-10-12)15-13-5-3-4-6-14(13)16(17)19-18-15/h3-10H,1-2H3. The van der Waals surface area contributed by atoms with Crippen molar-refractivity contribution in [3.05, 3.63) is 53.7 Å². The molecule has 0 bridgehead atoms. The monoisotopic (exact) mass is 283 g/mol. The Morgan fingerprint density at radius 1 is 0.850 bits per heavy atom. The molecule has 20 heavy (non-hydrogen) atoms. The first kappa shape index (κ1) is 12.9. The van der Waals surface area contributed by atoms with E-state index in [0.29, 0.717) is 5.15 Å². The Kier molecular flexibility index (Phi) is 3.28. The van der Waals surface area contributed by atoms with Crippen molar-refractivity contribution in [2.24, 2.45) is 0 Å². The maximum absolute atomic E-state index is 6.10. The maximum atomic E-state index is 6.10. The average Bonchev–Trinajstić information content (AvgIpc) is 2.48. The number of hydrogen-bond donors (Lipinski definition) is 0. The van der Waals surface area contributed by atoms with Crippen molar-refractivity contribution in [3.8, 4) is 11.3 Å². The van der Waals surface area contributed by atoms with E-state index in [-0.39, 0.29) is 0 Å². The van der Waals surface area contributed by atoms with E-state index in [4.69, 9.17) is 11.6 Å². The lowest BCUT2D eigenvalue weighted by atomic mass is 10.0. The van der Waals surface area contributed by atoms with Crippen LogP contribution in [0.1, 0.15) is 0 Å². The molecule has 0 radical (unpaired) electrons. The first-order valence-electron chi connectivity index (χ1n) is 6.35. The Morgan fingerprint density at radius 3 is 2.15 bits per heavy atom. The number of halogens is 1. The Balaban J connectivity index is 2.17. The lowest BCUT2D eigenvalue weighted by molar-refractivity contribution is 1.06. The third kappa shape index (κ3) is 2.21. The van der Waals surface area contributed by atoms with Gasteiger partial charge in [-0.2, -0.15) is 0 Å². The maximum Gasteiger partial charge on any atom is 0.159 e. The Hall–Kier alpha value is -2.13. The minimum absolute atomic E-state index is 0.439. The summed E-state index contributed by atoms with van der Waals surface area (Å²) in [6, 6.07) is 16.2. The fraction of sp³-hybridized carbons (Fsp3) is 0.125. The summed E-state index contributed by atoms with van der Waals surface area (Å²) in [5.41, 5.74) is 3.05. The van der Waals surface area contributed by atoms with E-state index in [9.17, 15) is 0 Å². The van der Waals surface area contributed by atoms with Gasteiger partial charge >= 0.3 is 0 Å². The van der Waals surface area contributed by atoms with Crippen molar-refractivity contribution in [1.29, 1.82) is 0 Å². The predicted molar refractivity (Wildman–Crippen MR) is 84.3 cm³/mol. The molecule has 100 valence electrons. The van der Waals surface area contributed by atoms with Gasteiger partial charge in [-0.3, -0.25) is 0 Å². The van der Waals surface area contributed by atoms with Gasteiger partial charge in [-0.15, -0.1) is 10.2 Å². The molecule has 0 aliphatic heterocycles. The number of anilines is 1. The van der Waals surface area contributed by atoms with Crippen LogP contribution in [0.5, 0.6) is 0 Å². The molecule has 0 aliphatic carbocycles. The highest BCUT2D eigenvalue weighted by atomic mass is 35.5. The normalized spacial score (nSPS) is 10.8. The van der Waals surface area contributed by atoms with E-state index in [1.54, 1.807) is 0 Å². The number of rotatable bonds is 2. The molecule has 4 heteroatoms. The summed E-state index contributed by atoms with van der Waals surface area (Å²) < 4.78 is 0. The summed E-state index contributed by atoms with van der Waals surface area (Å²) in [5, 5.41) is 10.7. The first-order valence-corrected chi connectivity index (χ1v) is 6.73. The van der Waals surface area contributed by atoms with Crippen molar-refractivity contribution in [2.45, 2.75) is 0 Å². The van der Waals surface area contributed by atoms with Crippen LogP contribution in [-0.4, -0.2) is 24.3 Å². The van der Waals surface area contributed by atoms with Crippen molar-refractivity contribution >= 4 is 28.1 Å². The molecule has 3 aromatic rings. The van der Waals surface area contributed by atoms with Crippen LogP contribution in [0.4, 0.5) is 5.69 Å². The van der Waals surface area contributed by atoms with Crippen molar-refractivity contribution < 1.29 is 0 Å². The molecule has 3 rings (SSSR count). The molecular formula is C16H14ClN3. The molecule has 0 atom stereocenters. The summed E-state index contributed by atoms with van der Waals surface area (Å²) >= 11 is 6.10. The van der Waals surface area contributed by atoms with Gasteiger partial charge in [0, 0.05) is 36.1 Å². The molecule has 0 saturated heterocycles. The molecule has 0 unspecified atom stereocenters. The lowest BCUT2D eigenvalue weighted by Gasteiger charge is -2.13. The molecule has 2 aromatic carbocycles. The molecular weight excluding hydrogens is 270 g/mol. The minimum Gasteiger partial charge on any atom is -0.378 e. The Labute approximate surface area is 122 Å². The summed E-state index contributed by atoms with van der Waals surface area (Å²) in [5.74, 6) is 0. The molecule has 0 amide bonds. The molecule has 3 nitrogen and oxygen atoms in total. The van der Waals surface area contributed by atoms with Crippen LogP contribution in [0, 0.1) is 0 Å². The molecule has 0 fully saturated rings.